The third-order valence-corrected chi connectivity index (χ3v) is 5.91. The predicted octanol–water partition coefficient (Wildman–Crippen LogP) is 3.29. The number of esters is 2. The van der Waals surface area contributed by atoms with Crippen molar-refractivity contribution in [3.63, 3.8) is 0 Å². The Labute approximate surface area is 197 Å². The average Bonchev–Trinajstić information content (AvgIpc) is 2.68. The van der Waals surface area contributed by atoms with Crippen molar-refractivity contribution < 1.29 is 36.0 Å². The molecule has 0 saturated heterocycles. The minimum absolute atomic E-state index is 0. The molecule has 0 radical (unpaired) electrons. The van der Waals surface area contributed by atoms with Gasteiger partial charge in [-0.05, 0) is 26.7 Å². The highest BCUT2D eigenvalue weighted by atomic mass is 35.5. The zero-order chi connectivity index (χ0) is 23.2. The summed E-state index contributed by atoms with van der Waals surface area (Å²) in [5.74, 6) is -0.846. The van der Waals surface area contributed by atoms with Gasteiger partial charge in [-0.15, -0.1) is 0 Å². The molecule has 0 saturated carbocycles. The minimum atomic E-state index is -0.458. The number of quaternary nitrogens is 1. The maximum Gasteiger partial charge on any atom is 0.337 e. The fraction of sp³-hybridized carbons (Fsp3) is 0.760. The summed E-state index contributed by atoms with van der Waals surface area (Å²) < 4.78 is 11.5. The maximum atomic E-state index is 12.0. The number of ether oxygens (including phenoxy) is 2. The van der Waals surface area contributed by atoms with Crippen LogP contribution in [0.2, 0.25) is 0 Å². The number of nitrogens with zero attached hydrogens (tertiary/aromatic N) is 1. The highest BCUT2D eigenvalue weighted by Crippen LogP contribution is 2.22. The summed E-state index contributed by atoms with van der Waals surface area (Å²) in [5.41, 5.74) is 0.720. The Bertz CT molecular complexity index is 528. The molecular weight excluding hydrogens is 414 g/mol. The van der Waals surface area contributed by atoms with Crippen molar-refractivity contribution in [2.75, 3.05) is 13.6 Å². The van der Waals surface area contributed by atoms with Gasteiger partial charge >= 0.3 is 11.9 Å². The van der Waals surface area contributed by atoms with Crippen molar-refractivity contribution in [3.05, 3.63) is 24.3 Å². The van der Waals surface area contributed by atoms with Gasteiger partial charge in [0.2, 0.25) is 12.5 Å². The first kappa shape index (κ1) is 31.9. The molecule has 0 N–H and O–H groups in total. The molecule has 0 heterocycles. The van der Waals surface area contributed by atoms with E-state index in [0.29, 0.717) is 15.6 Å². The Morgan fingerprint density at radius 2 is 1.06 bits per heavy atom. The van der Waals surface area contributed by atoms with E-state index in [1.165, 1.54) is 51.4 Å². The second-order valence-electron chi connectivity index (χ2n) is 8.82. The minimum Gasteiger partial charge on any atom is -1.00 e. The summed E-state index contributed by atoms with van der Waals surface area (Å²) in [4.78, 5) is 24.1. The van der Waals surface area contributed by atoms with Crippen LogP contribution in [-0.4, -0.2) is 42.5 Å². The third-order valence-electron chi connectivity index (χ3n) is 5.91. The zero-order valence-corrected chi connectivity index (χ0v) is 21.6. The molecule has 0 rings (SSSR count). The standard InChI is InChI=1S/C25H46NO4.ClH/c1-9-10-11-12-13-14-15-16-17-18-19-26(8,22(6)29-24(27)20(2)3)23(7)30-25(28)21(4)5;/h22-23H,2,4,9-19H2,1,3,5-8H3;1H/q+1;/p-1. The topological polar surface area (TPSA) is 52.6 Å². The molecule has 0 spiro atoms. The van der Waals surface area contributed by atoms with Crippen LogP contribution in [0.4, 0.5) is 0 Å². The molecule has 0 aliphatic rings. The van der Waals surface area contributed by atoms with E-state index >= 15 is 0 Å². The molecule has 0 aromatic carbocycles. The van der Waals surface area contributed by atoms with Crippen molar-refractivity contribution in [3.8, 4) is 0 Å². The Morgan fingerprint density at radius 3 is 1.39 bits per heavy atom. The Balaban J connectivity index is 0. The fourth-order valence-electron chi connectivity index (χ4n) is 3.35. The monoisotopic (exact) mass is 459 g/mol. The van der Waals surface area contributed by atoms with Gasteiger partial charge in [0, 0.05) is 25.0 Å². The van der Waals surface area contributed by atoms with Crippen molar-refractivity contribution in [2.24, 2.45) is 0 Å². The molecule has 182 valence electrons. The lowest BCUT2D eigenvalue weighted by atomic mass is 10.1. The van der Waals surface area contributed by atoms with E-state index in [0.717, 1.165) is 19.4 Å². The number of halogens is 1. The van der Waals surface area contributed by atoms with Crippen LogP contribution in [0.25, 0.3) is 0 Å². The van der Waals surface area contributed by atoms with Gasteiger partial charge in [0.1, 0.15) is 0 Å². The van der Waals surface area contributed by atoms with Crippen molar-refractivity contribution in [1.82, 2.24) is 0 Å². The Kier molecular flexibility index (Phi) is 17.7. The summed E-state index contributed by atoms with van der Waals surface area (Å²) in [6.45, 7) is 17.3. The average molecular weight is 460 g/mol. The number of hydrogen-bond donors (Lipinski definition) is 0. The lowest BCUT2D eigenvalue weighted by molar-refractivity contribution is -0.987. The van der Waals surface area contributed by atoms with E-state index in [2.05, 4.69) is 20.1 Å². The first-order valence-electron chi connectivity index (χ1n) is 11.6. The zero-order valence-electron chi connectivity index (χ0n) is 20.8. The normalized spacial score (nSPS) is 14.5. The number of rotatable bonds is 17. The van der Waals surface area contributed by atoms with E-state index < -0.39 is 24.4 Å². The Hall–Kier alpha value is -1.33. The van der Waals surface area contributed by atoms with Crippen LogP contribution in [0, 0.1) is 0 Å². The molecule has 6 heteroatoms. The molecular formula is C25H46ClNO4. The summed E-state index contributed by atoms with van der Waals surface area (Å²) in [6, 6.07) is 0. The summed E-state index contributed by atoms with van der Waals surface area (Å²) in [7, 11) is 1.97. The molecule has 0 bridgehead atoms. The summed E-state index contributed by atoms with van der Waals surface area (Å²) in [5, 5.41) is 0. The van der Waals surface area contributed by atoms with Gasteiger partial charge in [-0.3, -0.25) is 4.48 Å². The second-order valence-corrected chi connectivity index (χ2v) is 8.82. The van der Waals surface area contributed by atoms with Crippen LogP contribution in [0.5, 0.6) is 0 Å². The van der Waals surface area contributed by atoms with Crippen molar-refractivity contribution >= 4 is 11.9 Å². The highest BCUT2D eigenvalue weighted by molar-refractivity contribution is 5.87. The van der Waals surface area contributed by atoms with Crippen LogP contribution >= 0.6 is 0 Å². The molecule has 0 aromatic heterocycles. The van der Waals surface area contributed by atoms with Gasteiger partial charge in [0.25, 0.3) is 0 Å². The van der Waals surface area contributed by atoms with Crippen molar-refractivity contribution in [2.45, 2.75) is 111 Å². The number of hydrogen-bond acceptors (Lipinski definition) is 4. The Morgan fingerprint density at radius 1 is 0.742 bits per heavy atom. The molecule has 0 amide bonds. The van der Waals surface area contributed by atoms with E-state index in [4.69, 9.17) is 9.47 Å². The van der Waals surface area contributed by atoms with Crippen LogP contribution < -0.4 is 12.4 Å². The molecule has 2 atom stereocenters. The van der Waals surface area contributed by atoms with Gasteiger partial charge in [0.05, 0.1) is 13.6 Å². The van der Waals surface area contributed by atoms with E-state index in [1.54, 1.807) is 13.8 Å². The van der Waals surface area contributed by atoms with Gasteiger partial charge in [-0.2, -0.15) is 0 Å². The largest absolute Gasteiger partial charge is 1.00 e. The molecule has 31 heavy (non-hydrogen) atoms. The van der Waals surface area contributed by atoms with Crippen LogP contribution in [0.15, 0.2) is 24.3 Å². The van der Waals surface area contributed by atoms with Gasteiger partial charge in [-0.25, -0.2) is 9.59 Å². The summed E-state index contributed by atoms with van der Waals surface area (Å²) >= 11 is 0. The molecule has 5 nitrogen and oxygen atoms in total. The van der Waals surface area contributed by atoms with Gasteiger partial charge in [0.15, 0.2) is 0 Å². The molecule has 2 unspecified atom stereocenters. The quantitative estimate of drug-likeness (QED) is 0.110. The van der Waals surface area contributed by atoms with Crippen molar-refractivity contribution in [1.29, 1.82) is 0 Å². The lowest BCUT2D eigenvalue weighted by Crippen LogP contribution is -3.00. The number of carbonyl (C=O) groups excluding carboxylic acids is 2. The van der Waals surface area contributed by atoms with E-state index in [1.807, 2.05) is 20.9 Å². The van der Waals surface area contributed by atoms with Crippen LogP contribution in [0.1, 0.15) is 98.8 Å². The van der Waals surface area contributed by atoms with E-state index in [-0.39, 0.29) is 12.4 Å². The summed E-state index contributed by atoms with van der Waals surface area (Å²) in [6.07, 6.45) is 11.6. The molecule has 0 aromatic rings. The fourth-order valence-corrected chi connectivity index (χ4v) is 3.35. The second kappa shape index (κ2) is 17.3. The molecule has 0 aliphatic heterocycles. The first-order chi connectivity index (χ1) is 14.1. The van der Waals surface area contributed by atoms with Crippen LogP contribution in [0.3, 0.4) is 0 Å². The maximum absolute atomic E-state index is 12.0. The SMILES string of the molecule is C=C(C)C(=O)OC(C)[N+](C)(CCCCCCCCCCCC)C(C)OC(=O)C(=C)C.[Cl-]. The van der Waals surface area contributed by atoms with Crippen LogP contribution in [-0.2, 0) is 19.1 Å². The van der Waals surface area contributed by atoms with Gasteiger partial charge in [-0.1, -0.05) is 71.4 Å². The number of carbonyl (C=O) groups is 2. The van der Waals surface area contributed by atoms with Gasteiger partial charge < -0.3 is 21.9 Å². The highest BCUT2D eigenvalue weighted by Gasteiger charge is 2.39. The first-order valence-corrected chi connectivity index (χ1v) is 11.6. The van der Waals surface area contributed by atoms with E-state index in [9.17, 15) is 9.59 Å². The predicted molar refractivity (Wildman–Crippen MR) is 124 cm³/mol. The number of unbranched alkanes of at least 4 members (excludes halogenated alkanes) is 9. The third kappa shape index (κ3) is 13.0. The lowest BCUT2D eigenvalue weighted by Gasteiger charge is -2.42. The molecule has 0 fully saturated rings. The molecule has 0 aliphatic carbocycles. The smallest absolute Gasteiger partial charge is 0.337 e.